The minimum Gasteiger partial charge on any atom is -0.265 e. The van der Waals surface area contributed by atoms with Crippen molar-refractivity contribution < 1.29 is 0 Å². The van der Waals surface area contributed by atoms with Gasteiger partial charge in [0.25, 0.3) is 0 Å². The van der Waals surface area contributed by atoms with Crippen molar-refractivity contribution in [3.8, 4) is 0 Å². The van der Waals surface area contributed by atoms with Gasteiger partial charge in [-0.2, -0.15) is 4.98 Å². The molecule has 0 bridgehead atoms. The van der Waals surface area contributed by atoms with Crippen LogP contribution >= 0.6 is 23.6 Å². The summed E-state index contributed by atoms with van der Waals surface area (Å²) in [7, 11) is 0. The zero-order chi connectivity index (χ0) is 14.8. The molecule has 21 heavy (non-hydrogen) atoms. The van der Waals surface area contributed by atoms with E-state index in [9.17, 15) is 0 Å². The molecule has 1 atom stereocenters. The van der Waals surface area contributed by atoms with Crippen LogP contribution in [0.4, 0.5) is 0 Å². The molecule has 4 nitrogen and oxygen atoms in total. The van der Waals surface area contributed by atoms with Crippen molar-refractivity contribution in [1.29, 1.82) is 0 Å². The number of nitrogens with one attached hydrogen (secondary N) is 1. The molecule has 0 saturated heterocycles. The summed E-state index contributed by atoms with van der Waals surface area (Å²) in [6.07, 6.45) is 5.31. The van der Waals surface area contributed by atoms with Gasteiger partial charge >= 0.3 is 0 Å². The predicted octanol–water partition coefficient (Wildman–Crippen LogP) is 4.15. The topological polar surface area (TPSA) is 46.0 Å². The van der Waals surface area contributed by atoms with Gasteiger partial charge in [0.15, 0.2) is 5.65 Å². The first-order valence-corrected chi connectivity index (χ1v) is 8.53. The number of aryl methyl sites for hydroxylation is 1. The van der Waals surface area contributed by atoms with Crippen LogP contribution in [-0.2, 0) is 12.8 Å². The summed E-state index contributed by atoms with van der Waals surface area (Å²) >= 11 is 6.99. The van der Waals surface area contributed by atoms with Crippen LogP contribution in [0.25, 0.3) is 15.9 Å². The molecule has 3 aromatic heterocycles. The lowest BCUT2D eigenvalue weighted by atomic mass is 9.72. The molecule has 0 saturated carbocycles. The standard InChI is InChI=1S/C15H18N4S2/c1-15(2,3)8-4-5-9-10(6-8)21-13-11(9)12-17-14(20)18-19(12)7-16-13/h7-8H,4-6H2,1-3H3,(H,18,20). The van der Waals surface area contributed by atoms with Crippen LogP contribution in [0, 0.1) is 16.1 Å². The average Bonchev–Trinajstić information content (AvgIpc) is 2.95. The van der Waals surface area contributed by atoms with E-state index in [4.69, 9.17) is 12.2 Å². The van der Waals surface area contributed by atoms with E-state index in [-0.39, 0.29) is 0 Å². The Bertz CT molecular complexity index is 894. The maximum absolute atomic E-state index is 5.16. The third kappa shape index (κ3) is 2.04. The molecule has 3 aromatic rings. The minimum absolute atomic E-state index is 0.367. The molecule has 0 radical (unpaired) electrons. The van der Waals surface area contributed by atoms with Crippen molar-refractivity contribution in [3.05, 3.63) is 21.5 Å². The fraction of sp³-hybridized carbons (Fsp3) is 0.533. The third-order valence-corrected chi connectivity index (χ3v) is 5.98. The van der Waals surface area contributed by atoms with Gasteiger partial charge in [-0.3, -0.25) is 5.10 Å². The number of fused-ring (bicyclic) bond motifs is 5. The maximum atomic E-state index is 5.16. The highest BCUT2D eigenvalue weighted by Gasteiger charge is 2.31. The van der Waals surface area contributed by atoms with Crippen LogP contribution in [0.2, 0.25) is 0 Å². The van der Waals surface area contributed by atoms with Crippen molar-refractivity contribution in [3.63, 3.8) is 0 Å². The van der Waals surface area contributed by atoms with Gasteiger partial charge in [0.05, 0.1) is 5.39 Å². The number of rotatable bonds is 0. The van der Waals surface area contributed by atoms with E-state index >= 15 is 0 Å². The maximum Gasteiger partial charge on any atom is 0.214 e. The second-order valence-corrected chi connectivity index (χ2v) is 8.43. The van der Waals surface area contributed by atoms with E-state index in [2.05, 4.69) is 35.8 Å². The van der Waals surface area contributed by atoms with Crippen LogP contribution in [0.5, 0.6) is 0 Å². The summed E-state index contributed by atoms with van der Waals surface area (Å²) in [5, 5.41) is 4.25. The number of thiophene rings is 1. The molecule has 1 aliphatic rings. The first-order valence-electron chi connectivity index (χ1n) is 7.31. The molecule has 110 valence electrons. The van der Waals surface area contributed by atoms with Crippen LogP contribution in [0.15, 0.2) is 6.33 Å². The van der Waals surface area contributed by atoms with Crippen molar-refractivity contribution >= 4 is 39.4 Å². The Labute approximate surface area is 132 Å². The molecular formula is C15H18N4S2. The van der Waals surface area contributed by atoms with Gasteiger partial charge in [0, 0.05) is 4.88 Å². The van der Waals surface area contributed by atoms with Crippen molar-refractivity contribution in [2.45, 2.75) is 40.0 Å². The summed E-state index contributed by atoms with van der Waals surface area (Å²) in [4.78, 5) is 11.6. The van der Waals surface area contributed by atoms with Gasteiger partial charge in [-0.25, -0.2) is 9.50 Å². The molecule has 1 aliphatic carbocycles. The third-order valence-electron chi connectivity index (χ3n) is 4.64. The van der Waals surface area contributed by atoms with E-state index in [0.717, 1.165) is 29.2 Å². The van der Waals surface area contributed by atoms with Gasteiger partial charge < -0.3 is 0 Å². The lowest BCUT2D eigenvalue weighted by Gasteiger charge is -2.33. The zero-order valence-corrected chi connectivity index (χ0v) is 14.1. The van der Waals surface area contributed by atoms with E-state index < -0.39 is 0 Å². The second kappa shape index (κ2) is 4.36. The number of nitrogens with zero attached hydrogens (tertiary/aromatic N) is 3. The molecular weight excluding hydrogens is 300 g/mol. The monoisotopic (exact) mass is 318 g/mol. The quantitative estimate of drug-likeness (QED) is 0.633. The highest BCUT2D eigenvalue weighted by Crippen LogP contribution is 2.43. The van der Waals surface area contributed by atoms with Gasteiger partial charge in [0.1, 0.15) is 11.2 Å². The minimum atomic E-state index is 0.367. The predicted molar refractivity (Wildman–Crippen MR) is 88.5 cm³/mol. The highest BCUT2D eigenvalue weighted by molar-refractivity contribution is 7.71. The first-order chi connectivity index (χ1) is 9.93. The molecule has 1 N–H and O–H groups in total. The highest BCUT2D eigenvalue weighted by atomic mass is 32.1. The van der Waals surface area contributed by atoms with Crippen molar-refractivity contribution in [2.75, 3.05) is 0 Å². The summed E-state index contributed by atoms with van der Waals surface area (Å²) in [6.45, 7) is 7.04. The number of hydrogen-bond donors (Lipinski definition) is 1. The molecule has 0 amide bonds. The lowest BCUT2D eigenvalue weighted by Crippen LogP contribution is -2.26. The number of aromatic amines is 1. The SMILES string of the molecule is CC(C)(C)C1CCc2c(sc3ncn4[nH]c(=S)nc4c23)C1. The van der Waals surface area contributed by atoms with Crippen LogP contribution < -0.4 is 0 Å². The normalized spacial score (nSPS) is 19.3. The van der Waals surface area contributed by atoms with Crippen LogP contribution in [0.1, 0.15) is 37.6 Å². The van der Waals surface area contributed by atoms with Gasteiger partial charge in [-0.15, -0.1) is 11.3 Å². The molecule has 0 fully saturated rings. The second-order valence-electron chi connectivity index (χ2n) is 6.96. The van der Waals surface area contributed by atoms with Gasteiger partial charge in [-0.1, -0.05) is 20.8 Å². The average molecular weight is 318 g/mol. The van der Waals surface area contributed by atoms with Crippen LogP contribution in [-0.4, -0.2) is 19.6 Å². The van der Waals surface area contributed by atoms with E-state index in [1.807, 2.05) is 15.9 Å². The number of aromatic nitrogens is 4. The van der Waals surface area contributed by atoms with E-state index in [1.165, 1.54) is 22.2 Å². The Hall–Kier alpha value is -1.27. The summed E-state index contributed by atoms with van der Waals surface area (Å²) in [5.41, 5.74) is 2.74. The first kappa shape index (κ1) is 13.4. The number of hydrogen-bond acceptors (Lipinski definition) is 4. The Morgan fingerprint density at radius 3 is 3.00 bits per heavy atom. The fourth-order valence-corrected chi connectivity index (χ4v) is 4.78. The Morgan fingerprint density at radius 2 is 2.24 bits per heavy atom. The molecule has 1 unspecified atom stereocenters. The molecule has 3 heterocycles. The molecule has 4 rings (SSSR count). The van der Waals surface area contributed by atoms with Crippen LogP contribution in [0.3, 0.4) is 0 Å². The fourth-order valence-electron chi connectivity index (χ4n) is 3.33. The van der Waals surface area contributed by atoms with Gasteiger partial charge in [0.2, 0.25) is 4.77 Å². The molecule has 0 aliphatic heterocycles. The Kier molecular flexibility index (Phi) is 2.78. The number of H-pyrrole nitrogens is 1. The lowest BCUT2D eigenvalue weighted by molar-refractivity contribution is 0.218. The summed E-state index contributed by atoms with van der Waals surface area (Å²) < 4.78 is 2.36. The molecule has 0 aromatic carbocycles. The van der Waals surface area contributed by atoms with E-state index in [0.29, 0.717) is 10.2 Å². The van der Waals surface area contributed by atoms with Crippen molar-refractivity contribution in [1.82, 2.24) is 19.6 Å². The zero-order valence-electron chi connectivity index (χ0n) is 12.4. The Balaban J connectivity index is 1.94. The molecule has 0 spiro atoms. The summed E-state index contributed by atoms with van der Waals surface area (Å²) in [6, 6.07) is 0. The smallest absolute Gasteiger partial charge is 0.214 e. The summed E-state index contributed by atoms with van der Waals surface area (Å²) in [5.74, 6) is 0.745. The largest absolute Gasteiger partial charge is 0.265 e. The molecule has 6 heteroatoms. The Morgan fingerprint density at radius 1 is 1.43 bits per heavy atom. The van der Waals surface area contributed by atoms with E-state index in [1.54, 1.807) is 6.33 Å². The van der Waals surface area contributed by atoms with Gasteiger partial charge in [-0.05, 0) is 48.4 Å². The van der Waals surface area contributed by atoms with Crippen molar-refractivity contribution in [2.24, 2.45) is 11.3 Å².